The Morgan fingerprint density at radius 1 is 0.967 bits per heavy atom. The van der Waals surface area contributed by atoms with Gasteiger partial charge in [0.05, 0.1) is 16.8 Å². The van der Waals surface area contributed by atoms with Crippen LogP contribution in [0.5, 0.6) is 11.5 Å². The summed E-state index contributed by atoms with van der Waals surface area (Å²) in [6.07, 6.45) is 0.816. The lowest BCUT2D eigenvalue weighted by Gasteiger charge is -2.13. The van der Waals surface area contributed by atoms with Gasteiger partial charge in [0.25, 0.3) is 5.91 Å². The molecule has 0 saturated heterocycles. The van der Waals surface area contributed by atoms with Crippen molar-refractivity contribution < 1.29 is 14.3 Å². The molecule has 0 aliphatic carbocycles. The normalized spacial score (nSPS) is 10.3. The smallest absolute Gasteiger partial charge is 0.255 e. The highest BCUT2D eigenvalue weighted by Crippen LogP contribution is 2.28. The zero-order chi connectivity index (χ0) is 21.3. The monoisotopic (exact) mass is 465 g/mol. The molecule has 0 bridgehead atoms. The molecule has 0 aromatic heterocycles. The molecule has 0 radical (unpaired) electrons. The predicted molar refractivity (Wildman–Crippen MR) is 124 cm³/mol. The second-order valence-corrected chi connectivity index (χ2v) is 7.78. The van der Waals surface area contributed by atoms with E-state index in [1.807, 2.05) is 49.4 Å². The Balaban J connectivity index is 1.62. The van der Waals surface area contributed by atoms with Gasteiger partial charge in [0.1, 0.15) is 18.1 Å². The third-order valence-corrected chi connectivity index (χ3v) is 4.91. The number of hydrogen-bond donors (Lipinski definition) is 1. The van der Waals surface area contributed by atoms with Crippen LogP contribution in [0.1, 0.15) is 22.8 Å². The van der Waals surface area contributed by atoms with Crippen molar-refractivity contribution in [3.63, 3.8) is 0 Å². The Hall–Kier alpha value is -3.05. The minimum absolute atomic E-state index is 0.224. The van der Waals surface area contributed by atoms with Gasteiger partial charge in [0, 0.05) is 12.0 Å². The van der Waals surface area contributed by atoms with Crippen molar-refractivity contribution in [1.29, 1.82) is 0 Å². The predicted octanol–water partition coefficient (Wildman–Crippen LogP) is 6.28. The van der Waals surface area contributed by atoms with Gasteiger partial charge >= 0.3 is 0 Å². The number of ether oxygens (including phenoxy) is 2. The highest BCUT2D eigenvalue weighted by atomic mass is 79.9. The lowest BCUT2D eigenvalue weighted by atomic mass is 10.1. The number of hydrogen-bond acceptors (Lipinski definition) is 3. The molecule has 3 rings (SSSR count). The van der Waals surface area contributed by atoms with Crippen molar-refractivity contribution in [1.82, 2.24) is 0 Å². The van der Waals surface area contributed by atoms with Crippen LogP contribution in [0, 0.1) is 0 Å². The summed E-state index contributed by atoms with van der Waals surface area (Å²) in [6.45, 7) is 6.68. The third-order valence-electron chi connectivity index (χ3n) is 4.29. The fourth-order valence-electron chi connectivity index (χ4n) is 2.77. The topological polar surface area (TPSA) is 47.6 Å². The van der Waals surface area contributed by atoms with Gasteiger partial charge in [-0.25, -0.2) is 0 Å². The van der Waals surface area contributed by atoms with Gasteiger partial charge in [-0.05, 0) is 64.3 Å². The van der Waals surface area contributed by atoms with E-state index in [1.54, 1.807) is 18.2 Å². The quantitative estimate of drug-likeness (QED) is 0.378. The summed E-state index contributed by atoms with van der Waals surface area (Å²) in [5.41, 5.74) is 3.26. The summed E-state index contributed by atoms with van der Waals surface area (Å²) >= 11 is 3.50. The maximum Gasteiger partial charge on any atom is 0.255 e. The first-order valence-electron chi connectivity index (χ1n) is 9.67. The zero-order valence-electron chi connectivity index (χ0n) is 16.9. The number of amides is 1. The van der Waals surface area contributed by atoms with E-state index in [4.69, 9.17) is 9.47 Å². The third kappa shape index (κ3) is 6.22. The van der Waals surface area contributed by atoms with Gasteiger partial charge in [-0.2, -0.15) is 0 Å². The average molecular weight is 466 g/mol. The van der Waals surface area contributed by atoms with Crippen LogP contribution in [-0.2, 0) is 6.42 Å². The fourth-order valence-corrected chi connectivity index (χ4v) is 3.27. The molecule has 0 atom stereocenters. The maximum absolute atomic E-state index is 12.7. The molecule has 1 amide bonds. The minimum Gasteiger partial charge on any atom is -0.492 e. The zero-order valence-corrected chi connectivity index (χ0v) is 18.4. The Morgan fingerprint density at radius 2 is 1.70 bits per heavy atom. The van der Waals surface area contributed by atoms with E-state index < -0.39 is 0 Å². The largest absolute Gasteiger partial charge is 0.492 e. The molecule has 3 aromatic carbocycles. The van der Waals surface area contributed by atoms with Gasteiger partial charge in [-0.1, -0.05) is 49.0 Å². The van der Waals surface area contributed by atoms with E-state index in [0.29, 0.717) is 36.0 Å². The van der Waals surface area contributed by atoms with E-state index in [9.17, 15) is 4.79 Å². The second kappa shape index (κ2) is 10.6. The molecular formula is C25H24BrNO3. The van der Waals surface area contributed by atoms with E-state index in [1.165, 1.54) is 5.56 Å². The Kier molecular flexibility index (Phi) is 7.69. The van der Waals surface area contributed by atoms with Crippen LogP contribution in [0.3, 0.4) is 0 Å². The van der Waals surface area contributed by atoms with Crippen LogP contribution in [-0.4, -0.2) is 19.1 Å². The highest BCUT2D eigenvalue weighted by molar-refractivity contribution is 9.10. The second-order valence-electron chi connectivity index (χ2n) is 6.93. The first kappa shape index (κ1) is 21.7. The molecule has 1 N–H and O–H groups in total. The summed E-state index contributed by atoms with van der Waals surface area (Å²) in [5, 5.41) is 2.91. The first-order chi connectivity index (χ1) is 14.5. The van der Waals surface area contributed by atoms with E-state index in [2.05, 4.69) is 40.0 Å². The molecule has 5 heteroatoms. The van der Waals surface area contributed by atoms with Crippen LogP contribution in [0.2, 0.25) is 0 Å². The van der Waals surface area contributed by atoms with Crippen molar-refractivity contribution in [3.05, 3.63) is 101 Å². The summed E-state index contributed by atoms with van der Waals surface area (Å²) in [6, 6.07) is 22.8. The first-order valence-corrected chi connectivity index (χ1v) is 10.5. The number of para-hydroxylation sites is 2. The number of nitrogens with one attached hydrogen (secondary N) is 1. The SMILES string of the molecule is C=C(C)COc1ccccc1NC(=O)c1ccc(OCCc2ccccc2)c(Br)c1. The van der Waals surface area contributed by atoms with Crippen molar-refractivity contribution in [3.8, 4) is 11.5 Å². The molecule has 30 heavy (non-hydrogen) atoms. The molecule has 0 saturated carbocycles. The molecule has 0 aliphatic heterocycles. The summed E-state index contributed by atoms with van der Waals surface area (Å²) < 4.78 is 12.3. The summed E-state index contributed by atoms with van der Waals surface area (Å²) in [7, 11) is 0. The molecule has 0 fully saturated rings. The fraction of sp³-hybridized carbons (Fsp3) is 0.160. The number of rotatable bonds is 9. The standard InChI is InChI=1S/C25H24BrNO3/c1-18(2)17-30-24-11-7-6-10-22(24)27-25(28)20-12-13-23(21(26)16-20)29-15-14-19-8-4-3-5-9-19/h3-13,16H,1,14-15,17H2,2H3,(H,27,28). The van der Waals surface area contributed by atoms with Gasteiger partial charge in [-0.15, -0.1) is 0 Å². The molecule has 0 unspecified atom stereocenters. The number of carbonyl (C=O) groups excluding carboxylic acids is 1. The lowest BCUT2D eigenvalue weighted by Crippen LogP contribution is -2.13. The Bertz CT molecular complexity index is 1020. The Morgan fingerprint density at radius 3 is 2.43 bits per heavy atom. The van der Waals surface area contributed by atoms with E-state index in [0.717, 1.165) is 16.5 Å². The van der Waals surface area contributed by atoms with Crippen molar-refractivity contribution in [2.45, 2.75) is 13.3 Å². The van der Waals surface area contributed by atoms with Crippen molar-refractivity contribution in [2.75, 3.05) is 18.5 Å². The van der Waals surface area contributed by atoms with Gasteiger partial charge < -0.3 is 14.8 Å². The molecule has 154 valence electrons. The molecular weight excluding hydrogens is 442 g/mol. The van der Waals surface area contributed by atoms with E-state index in [-0.39, 0.29) is 5.91 Å². The number of carbonyl (C=O) groups is 1. The van der Waals surface area contributed by atoms with Crippen molar-refractivity contribution in [2.24, 2.45) is 0 Å². The van der Waals surface area contributed by atoms with Gasteiger partial charge in [0.15, 0.2) is 0 Å². The van der Waals surface area contributed by atoms with Crippen LogP contribution < -0.4 is 14.8 Å². The van der Waals surface area contributed by atoms with Crippen LogP contribution >= 0.6 is 15.9 Å². The van der Waals surface area contributed by atoms with Gasteiger partial charge in [0.2, 0.25) is 0 Å². The molecule has 0 aliphatic rings. The van der Waals surface area contributed by atoms with E-state index >= 15 is 0 Å². The molecule has 0 spiro atoms. The number of benzene rings is 3. The van der Waals surface area contributed by atoms with Crippen LogP contribution in [0.15, 0.2) is 89.4 Å². The Labute approximate surface area is 185 Å². The summed E-state index contributed by atoms with van der Waals surface area (Å²) in [4.78, 5) is 12.7. The molecule has 4 nitrogen and oxygen atoms in total. The molecule has 3 aromatic rings. The summed E-state index contributed by atoms with van der Waals surface area (Å²) in [5.74, 6) is 1.08. The highest BCUT2D eigenvalue weighted by Gasteiger charge is 2.12. The van der Waals surface area contributed by atoms with Gasteiger partial charge in [-0.3, -0.25) is 4.79 Å². The van der Waals surface area contributed by atoms with Crippen LogP contribution in [0.25, 0.3) is 0 Å². The molecule has 0 heterocycles. The number of anilines is 1. The minimum atomic E-state index is -0.224. The average Bonchev–Trinajstić information content (AvgIpc) is 2.75. The van der Waals surface area contributed by atoms with Crippen molar-refractivity contribution >= 4 is 27.5 Å². The van der Waals surface area contributed by atoms with Crippen LogP contribution in [0.4, 0.5) is 5.69 Å². The number of halogens is 1. The maximum atomic E-state index is 12.7. The lowest BCUT2D eigenvalue weighted by molar-refractivity contribution is 0.102.